The molecule has 1 heterocycles. The highest BCUT2D eigenvalue weighted by atomic mass is 32.1. The van der Waals surface area contributed by atoms with Crippen LogP contribution >= 0.6 is 11.3 Å². The van der Waals surface area contributed by atoms with Gasteiger partial charge in [0.05, 0.1) is 16.6 Å². The molecule has 0 unspecified atom stereocenters. The number of thiazole rings is 1. The maximum atomic E-state index is 11.8. The second kappa shape index (κ2) is 7.58. The smallest absolute Gasteiger partial charge is 0.315 e. The number of rotatable bonds is 5. The lowest BCUT2D eigenvalue weighted by Crippen LogP contribution is -2.44. The first kappa shape index (κ1) is 16.7. The second-order valence-corrected chi connectivity index (χ2v) is 7.07. The summed E-state index contributed by atoms with van der Waals surface area (Å²) in [6.07, 6.45) is 3.47. The first-order valence-corrected chi connectivity index (χ1v) is 8.47. The summed E-state index contributed by atoms with van der Waals surface area (Å²) in [6, 6.07) is -0.0938. The van der Waals surface area contributed by atoms with Crippen LogP contribution in [0.25, 0.3) is 0 Å². The number of aliphatic carboxylic acids is 1. The Morgan fingerprint density at radius 2 is 1.95 bits per heavy atom. The van der Waals surface area contributed by atoms with Crippen LogP contribution in [0.1, 0.15) is 41.3 Å². The fourth-order valence-corrected chi connectivity index (χ4v) is 3.58. The van der Waals surface area contributed by atoms with Crippen molar-refractivity contribution in [2.45, 2.75) is 52.0 Å². The van der Waals surface area contributed by atoms with Crippen molar-refractivity contribution in [1.82, 2.24) is 15.6 Å². The average molecular weight is 325 g/mol. The van der Waals surface area contributed by atoms with Crippen molar-refractivity contribution >= 4 is 23.3 Å². The number of carbonyl (C=O) groups is 2. The van der Waals surface area contributed by atoms with Crippen molar-refractivity contribution in [1.29, 1.82) is 0 Å². The van der Waals surface area contributed by atoms with Gasteiger partial charge in [-0.05, 0) is 39.5 Å². The minimum atomic E-state index is -0.725. The minimum absolute atomic E-state index is 0.0833. The van der Waals surface area contributed by atoms with E-state index in [1.54, 1.807) is 11.3 Å². The summed E-state index contributed by atoms with van der Waals surface area (Å²) < 4.78 is 0. The molecule has 1 aromatic heterocycles. The summed E-state index contributed by atoms with van der Waals surface area (Å²) >= 11 is 1.67. The summed E-state index contributed by atoms with van der Waals surface area (Å²) in [5.41, 5.74) is 1.06. The Balaban J connectivity index is 1.65. The zero-order valence-corrected chi connectivity index (χ0v) is 13.8. The van der Waals surface area contributed by atoms with Crippen LogP contribution in [0, 0.1) is 19.8 Å². The van der Waals surface area contributed by atoms with Gasteiger partial charge in [0, 0.05) is 23.9 Å². The summed E-state index contributed by atoms with van der Waals surface area (Å²) in [4.78, 5) is 28.4. The van der Waals surface area contributed by atoms with Gasteiger partial charge in [0.1, 0.15) is 0 Å². The van der Waals surface area contributed by atoms with Gasteiger partial charge in [-0.15, -0.1) is 11.3 Å². The van der Waals surface area contributed by atoms with Crippen LogP contribution in [-0.2, 0) is 11.2 Å². The molecular formula is C15H23N3O3S. The number of carboxylic acids is 1. The third kappa shape index (κ3) is 4.69. The molecule has 1 fully saturated rings. The molecule has 1 aliphatic carbocycles. The van der Waals surface area contributed by atoms with Crippen LogP contribution in [0.3, 0.4) is 0 Å². The van der Waals surface area contributed by atoms with E-state index in [1.807, 2.05) is 13.8 Å². The van der Waals surface area contributed by atoms with Gasteiger partial charge in [0.25, 0.3) is 0 Å². The number of nitrogens with zero attached hydrogens (tertiary/aromatic N) is 1. The maximum absolute atomic E-state index is 11.8. The summed E-state index contributed by atoms with van der Waals surface area (Å²) in [5, 5.41) is 15.7. The fraction of sp³-hybridized carbons (Fsp3) is 0.667. The Labute approximate surface area is 134 Å². The number of hydrogen-bond acceptors (Lipinski definition) is 4. The quantitative estimate of drug-likeness (QED) is 0.774. The van der Waals surface area contributed by atoms with E-state index in [0.717, 1.165) is 30.0 Å². The molecule has 0 spiro atoms. The van der Waals surface area contributed by atoms with Gasteiger partial charge in [-0.1, -0.05) is 0 Å². The van der Waals surface area contributed by atoms with E-state index < -0.39 is 5.97 Å². The van der Waals surface area contributed by atoms with Crippen molar-refractivity contribution in [3.8, 4) is 0 Å². The van der Waals surface area contributed by atoms with Crippen LogP contribution in [0.5, 0.6) is 0 Å². The molecule has 1 aliphatic rings. The van der Waals surface area contributed by atoms with E-state index in [1.165, 1.54) is 4.88 Å². The molecule has 0 aliphatic heterocycles. The van der Waals surface area contributed by atoms with E-state index in [0.29, 0.717) is 19.4 Å². The lowest BCUT2D eigenvalue weighted by Gasteiger charge is -2.26. The molecule has 0 saturated heterocycles. The molecule has 2 rings (SSSR count). The van der Waals surface area contributed by atoms with Gasteiger partial charge in [-0.3, -0.25) is 4.79 Å². The van der Waals surface area contributed by atoms with E-state index in [4.69, 9.17) is 5.11 Å². The highest BCUT2D eigenvalue weighted by Crippen LogP contribution is 2.24. The fourth-order valence-electron chi connectivity index (χ4n) is 2.65. The molecule has 122 valence electrons. The lowest BCUT2D eigenvalue weighted by molar-refractivity contribution is -0.142. The van der Waals surface area contributed by atoms with E-state index in [-0.39, 0.29) is 18.0 Å². The van der Waals surface area contributed by atoms with Crippen LogP contribution in [0.4, 0.5) is 4.79 Å². The van der Waals surface area contributed by atoms with Gasteiger partial charge in [0.2, 0.25) is 0 Å². The van der Waals surface area contributed by atoms with Gasteiger partial charge < -0.3 is 15.7 Å². The third-order valence-corrected chi connectivity index (χ3v) is 5.24. The molecule has 22 heavy (non-hydrogen) atoms. The molecule has 0 aromatic carbocycles. The number of aromatic nitrogens is 1. The number of amides is 2. The monoisotopic (exact) mass is 325 g/mol. The van der Waals surface area contributed by atoms with Crippen LogP contribution in [0.2, 0.25) is 0 Å². The van der Waals surface area contributed by atoms with Crippen molar-refractivity contribution in [3.63, 3.8) is 0 Å². The average Bonchev–Trinajstić information content (AvgIpc) is 2.78. The lowest BCUT2D eigenvalue weighted by atomic mass is 9.86. The van der Waals surface area contributed by atoms with Gasteiger partial charge in [0.15, 0.2) is 0 Å². The van der Waals surface area contributed by atoms with Crippen LogP contribution in [0.15, 0.2) is 0 Å². The highest BCUT2D eigenvalue weighted by molar-refractivity contribution is 7.11. The molecule has 6 nitrogen and oxygen atoms in total. The molecule has 0 radical (unpaired) electrons. The zero-order chi connectivity index (χ0) is 16.1. The van der Waals surface area contributed by atoms with Crippen molar-refractivity contribution in [3.05, 3.63) is 15.6 Å². The first-order valence-electron chi connectivity index (χ1n) is 7.65. The summed E-state index contributed by atoms with van der Waals surface area (Å²) in [5.74, 6) is -0.977. The molecule has 0 atom stereocenters. The topological polar surface area (TPSA) is 91.3 Å². The molecular weight excluding hydrogens is 302 g/mol. The van der Waals surface area contributed by atoms with Gasteiger partial charge in [-0.25, -0.2) is 9.78 Å². The standard InChI is InChI=1S/C15H23N3O3S/c1-9-10(2)22-13(17-9)7-8-16-15(21)18-12-5-3-11(4-6-12)14(19)20/h11-12H,3-8H2,1-2H3,(H,19,20)(H2,16,18,21). The Morgan fingerprint density at radius 1 is 1.27 bits per heavy atom. The Hall–Kier alpha value is -1.63. The molecule has 1 aromatic rings. The predicted molar refractivity (Wildman–Crippen MR) is 85.2 cm³/mol. The minimum Gasteiger partial charge on any atom is -0.481 e. The van der Waals surface area contributed by atoms with E-state index in [9.17, 15) is 9.59 Å². The number of hydrogen-bond donors (Lipinski definition) is 3. The van der Waals surface area contributed by atoms with E-state index in [2.05, 4.69) is 15.6 Å². The number of carbonyl (C=O) groups excluding carboxylic acids is 1. The molecule has 3 N–H and O–H groups in total. The second-order valence-electron chi connectivity index (χ2n) is 5.79. The van der Waals surface area contributed by atoms with Crippen LogP contribution < -0.4 is 10.6 Å². The molecule has 0 bridgehead atoms. The molecule has 2 amide bonds. The first-order chi connectivity index (χ1) is 10.5. The largest absolute Gasteiger partial charge is 0.481 e. The summed E-state index contributed by atoms with van der Waals surface area (Å²) in [6.45, 7) is 4.59. The summed E-state index contributed by atoms with van der Waals surface area (Å²) in [7, 11) is 0. The highest BCUT2D eigenvalue weighted by Gasteiger charge is 2.26. The van der Waals surface area contributed by atoms with Crippen molar-refractivity contribution < 1.29 is 14.7 Å². The normalized spacial score (nSPS) is 21.4. The SMILES string of the molecule is Cc1nc(CCNC(=O)NC2CCC(C(=O)O)CC2)sc1C. The molecule has 1 saturated carbocycles. The van der Waals surface area contributed by atoms with Gasteiger partial charge in [-0.2, -0.15) is 0 Å². The number of carboxylic acid groups (broad SMARTS) is 1. The van der Waals surface area contributed by atoms with Crippen LogP contribution in [-0.4, -0.2) is 34.7 Å². The Bertz CT molecular complexity index is 517. The Morgan fingerprint density at radius 3 is 2.50 bits per heavy atom. The maximum Gasteiger partial charge on any atom is 0.315 e. The number of aryl methyl sites for hydroxylation is 2. The predicted octanol–water partition coefficient (Wildman–Crippen LogP) is 2.25. The van der Waals surface area contributed by atoms with E-state index >= 15 is 0 Å². The Kier molecular flexibility index (Phi) is 5.76. The zero-order valence-electron chi connectivity index (χ0n) is 13.0. The number of urea groups is 1. The molecule has 7 heteroatoms. The third-order valence-electron chi connectivity index (χ3n) is 4.11. The van der Waals surface area contributed by atoms with Crippen molar-refractivity contribution in [2.24, 2.45) is 5.92 Å². The number of nitrogens with one attached hydrogen (secondary N) is 2. The van der Waals surface area contributed by atoms with Crippen molar-refractivity contribution in [2.75, 3.05) is 6.54 Å². The van der Waals surface area contributed by atoms with Gasteiger partial charge >= 0.3 is 12.0 Å².